The summed E-state index contributed by atoms with van der Waals surface area (Å²) in [6.07, 6.45) is -0.310. The second-order valence-corrected chi connectivity index (χ2v) is 3.55. The first-order chi connectivity index (χ1) is 8.47. The number of nitrogens with one attached hydrogen (secondary N) is 1. The number of hydrogen-bond acceptors (Lipinski definition) is 5. The van der Waals surface area contributed by atoms with Gasteiger partial charge in [-0.1, -0.05) is 0 Å². The molecule has 0 aliphatic heterocycles. The Morgan fingerprint density at radius 2 is 2.00 bits per heavy atom. The molecular formula is C11H19NO6. The van der Waals surface area contributed by atoms with Crippen LogP contribution in [0.2, 0.25) is 0 Å². The van der Waals surface area contributed by atoms with Crippen LogP contribution in [-0.4, -0.2) is 48.8 Å². The van der Waals surface area contributed by atoms with Crippen LogP contribution >= 0.6 is 0 Å². The zero-order valence-corrected chi connectivity index (χ0v) is 10.6. The molecule has 0 aliphatic rings. The Morgan fingerprint density at radius 1 is 1.33 bits per heavy atom. The van der Waals surface area contributed by atoms with E-state index in [1.165, 1.54) is 6.92 Å². The van der Waals surface area contributed by atoms with Gasteiger partial charge in [0.2, 0.25) is 5.91 Å². The molecule has 0 saturated carbocycles. The van der Waals surface area contributed by atoms with Gasteiger partial charge in [0, 0.05) is 13.0 Å². The highest BCUT2D eigenvalue weighted by Crippen LogP contribution is 1.92. The zero-order valence-electron chi connectivity index (χ0n) is 10.6. The van der Waals surface area contributed by atoms with Crippen LogP contribution in [0.5, 0.6) is 0 Å². The fraction of sp³-hybridized carbons (Fsp3) is 0.727. The predicted molar refractivity (Wildman–Crippen MR) is 61.9 cm³/mol. The van der Waals surface area contributed by atoms with Crippen LogP contribution in [0.3, 0.4) is 0 Å². The molecule has 0 heterocycles. The Morgan fingerprint density at radius 3 is 2.56 bits per heavy atom. The Hall–Kier alpha value is -1.63. The number of ether oxygens (including phenoxy) is 2. The molecule has 0 saturated heterocycles. The molecule has 2 N–H and O–H groups in total. The van der Waals surface area contributed by atoms with Crippen LogP contribution in [0.25, 0.3) is 0 Å². The molecular weight excluding hydrogens is 242 g/mol. The molecule has 1 atom stereocenters. The second kappa shape index (κ2) is 9.41. The van der Waals surface area contributed by atoms with E-state index >= 15 is 0 Å². The fourth-order valence-corrected chi connectivity index (χ4v) is 1.02. The van der Waals surface area contributed by atoms with E-state index in [1.807, 2.05) is 0 Å². The predicted octanol–water partition coefficient (Wildman–Crippen LogP) is -0.0644. The Balaban J connectivity index is 3.54. The summed E-state index contributed by atoms with van der Waals surface area (Å²) < 4.78 is 9.49. The Kier molecular flexibility index (Phi) is 8.55. The number of carbonyl (C=O) groups is 3. The molecule has 0 rings (SSSR count). The summed E-state index contributed by atoms with van der Waals surface area (Å²) in [6, 6.07) is 0. The minimum atomic E-state index is -1.12. The van der Waals surface area contributed by atoms with Crippen molar-refractivity contribution in [3.8, 4) is 0 Å². The maximum absolute atomic E-state index is 11.2. The van der Waals surface area contributed by atoms with Gasteiger partial charge in [0.15, 0.2) is 6.10 Å². The van der Waals surface area contributed by atoms with Crippen LogP contribution < -0.4 is 5.32 Å². The summed E-state index contributed by atoms with van der Waals surface area (Å²) in [6.45, 7) is 3.42. The fourth-order valence-electron chi connectivity index (χ4n) is 1.02. The van der Waals surface area contributed by atoms with Crippen molar-refractivity contribution in [3.63, 3.8) is 0 Å². The van der Waals surface area contributed by atoms with Gasteiger partial charge in [-0.15, -0.1) is 0 Å². The van der Waals surface area contributed by atoms with Crippen molar-refractivity contribution >= 4 is 17.8 Å². The van der Waals surface area contributed by atoms with Crippen molar-refractivity contribution < 1.29 is 29.0 Å². The van der Waals surface area contributed by atoms with Crippen LogP contribution in [0.1, 0.15) is 26.7 Å². The molecule has 0 aromatic heterocycles. The lowest BCUT2D eigenvalue weighted by Gasteiger charge is -2.08. The van der Waals surface area contributed by atoms with Gasteiger partial charge in [0.1, 0.15) is 6.61 Å². The largest absolute Gasteiger partial charge is 0.479 e. The maximum Gasteiger partial charge on any atom is 0.332 e. The van der Waals surface area contributed by atoms with Crippen LogP contribution in [-0.2, 0) is 23.9 Å². The molecule has 7 nitrogen and oxygen atoms in total. The van der Waals surface area contributed by atoms with Gasteiger partial charge < -0.3 is 19.9 Å². The molecule has 0 aliphatic carbocycles. The van der Waals surface area contributed by atoms with E-state index in [-0.39, 0.29) is 19.0 Å². The topological polar surface area (TPSA) is 102 Å². The lowest BCUT2D eigenvalue weighted by atomic mass is 10.3. The number of amides is 1. The van der Waals surface area contributed by atoms with E-state index in [9.17, 15) is 14.4 Å². The van der Waals surface area contributed by atoms with Gasteiger partial charge in [-0.25, -0.2) is 4.79 Å². The highest BCUT2D eigenvalue weighted by atomic mass is 16.5. The van der Waals surface area contributed by atoms with Gasteiger partial charge in [-0.05, 0) is 20.3 Å². The molecule has 18 heavy (non-hydrogen) atoms. The van der Waals surface area contributed by atoms with E-state index in [0.29, 0.717) is 19.6 Å². The zero-order chi connectivity index (χ0) is 14.0. The molecule has 0 radical (unpaired) electrons. The summed E-state index contributed by atoms with van der Waals surface area (Å²) >= 11 is 0. The summed E-state index contributed by atoms with van der Waals surface area (Å²) in [5.41, 5.74) is 0. The third-order valence-corrected chi connectivity index (χ3v) is 2.00. The average Bonchev–Trinajstić information content (AvgIpc) is 2.31. The maximum atomic E-state index is 11.2. The molecule has 1 amide bonds. The minimum Gasteiger partial charge on any atom is -0.479 e. The first-order valence-electron chi connectivity index (χ1n) is 5.74. The number of esters is 1. The van der Waals surface area contributed by atoms with Crippen molar-refractivity contribution in [2.75, 3.05) is 19.8 Å². The monoisotopic (exact) mass is 261 g/mol. The number of aliphatic carboxylic acids is 1. The van der Waals surface area contributed by atoms with Crippen molar-refractivity contribution in [1.82, 2.24) is 5.32 Å². The van der Waals surface area contributed by atoms with E-state index in [2.05, 4.69) is 5.32 Å². The molecule has 0 unspecified atom stereocenters. The lowest BCUT2D eigenvalue weighted by molar-refractivity contribution is -0.151. The summed E-state index contributed by atoms with van der Waals surface area (Å²) in [5, 5.41) is 11.0. The van der Waals surface area contributed by atoms with Gasteiger partial charge in [0.05, 0.1) is 6.61 Å². The quantitative estimate of drug-likeness (QED) is 0.445. The molecule has 7 heteroatoms. The molecule has 0 aromatic rings. The van der Waals surface area contributed by atoms with E-state index in [0.717, 1.165) is 0 Å². The van der Waals surface area contributed by atoms with Crippen LogP contribution in [0, 0.1) is 0 Å². The SMILES string of the molecule is CCOC(=O)CCCNC(=O)CO[C@@H](C)C(=O)O. The normalized spacial score (nSPS) is 11.7. The van der Waals surface area contributed by atoms with Crippen molar-refractivity contribution in [2.24, 2.45) is 0 Å². The van der Waals surface area contributed by atoms with Crippen molar-refractivity contribution in [3.05, 3.63) is 0 Å². The van der Waals surface area contributed by atoms with Crippen molar-refractivity contribution in [1.29, 1.82) is 0 Å². The highest BCUT2D eigenvalue weighted by molar-refractivity contribution is 5.78. The van der Waals surface area contributed by atoms with Gasteiger partial charge in [-0.3, -0.25) is 9.59 Å². The van der Waals surface area contributed by atoms with Crippen LogP contribution in [0.4, 0.5) is 0 Å². The van der Waals surface area contributed by atoms with E-state index in [1.54, 1.807) is 6.92 Å². The van der Waals surface area contributed by atoms with Crippen molar-refractivity contribution in [2.45, 2.75) is 32.8 Å². The molecule has 0 bridgehead atoms. The molecule has 0 fully saturated rings. The summed E-state index contributed by atoms with van der Waals surface area (Å²) in [7, 11) is 0. The number of carbonyl (C=O) groups excluding carboxylic acids is 2. The minimum absolute atomic E-state index is 0.237. The highest BCUT2D eigenvalue weighted by Gasteiger charge is 2.12. The number of carboxylic acids is 1. The second-order valence-electron chi connectivity index (χ2n) is 3.55. The van der Waals surface area contributed by atoms with E-state index in [4.69, 9.17) is 14.6 Å². The standard InChI is InChI=1S/C11H19NO6/c1-3-17-10(14)5-4-6-12-9(13)7-18-8(2)11(15)16/h8H,3-7H2,1-2H3,(H,12,13)(H,15,16)/t8-/m0/s1. The number of carboxylic acid groups (broad SMARTS) is 1. The van der Waals surface area contributed by atoms with Gasteiger partial charge in [0.25, 0.3) is 0 Å². The smallest absolute Gasteiger partial charge is 0.332 e. The third-order valence-electron chi connectivity index (χ3n) is 2.00. The summed E-state index contributed by atoms with van der Waals surface area (Å²) in [4.78, 5) is 32.5. The number of rotatable bonds is 9. The molecule has 0 spiro atoms. The van der Waals surface area contributed by atoms with Crippen LogP contribution in [0.15, 0.2) is 0 Å². The number of hydrogen-bond donors (Lipinski definition) is 2. The lowest BCUT2D eigenvalue weighted by Crippen LogP contribution is -2.32. The average molecular weight is 261 g/mol. The van der Waals surface area contributed by atoms with E-state index < -0.39 is 18.0 Å². The Bertz CT molecular complexity index is 291. The summed E-state index contributed by atoms with van der Waals surface area (Å²) in [5.74, 6) is -1.83. The first kappa shape index (κ1) is 16.4. The Labute approximate surface area is 105 Å². The molecule has 104 valence electrons. The molecule has 0 aromatic carbocycles. The van der Waals surface area contributed by atoms with Gasteiger partial charge in [-0.2, -0.15) is 0 Å². The first-order valence-corrected chi connectivity index (χ1v) is 5.74. The third kappa shape index (κ3) is 8.51. The van der Waals surface area contributed by atoms with Gasteiger partial charge >= 0.3 is 11.9 Å².